The molecule has 1 aliphatic rings. The summed E-state index contributed by atoms with van der Waals surface area (Å²) < 4.78 is 5.69. The molecule has 18 heavy (non-hydrogen) atoms. The molecule has 0 aliphatic heterocycles. The number of aryl methyl sites for hydroxylation is 1. The van der Waals surface area contributed by atoms with E-state index in [1.54, 1.807) is 6.20 Å². The number of H-pyrrole nitrogens is 1. The highest BCUT2D eigenvalue weighted by Gasteiger charge is 2.23. The van der Waals surface area contributed by atoms with Crippen LogP contribution in [-0.4, -0.2) is 16.1 Å². The number of nitrogens with one attached hydrogen (secondary N) is 1. The molecule has 1 heterocycles. The second-order valence-electron chi connectivity index (χ2n) is 4.59. The molecule has 0 amide bonds. The molecule has 0 spiro atoms. The molecule has 2 aromatic rings. The minimum atomic E-state index is -0.325. The Balaban J connectivity index is 1.91. The molecule has 92 valence electrons. The number of ether oxygens (including phenoxy) is 1. The van der Waals surface area contributed by atoms with Crippen molar-refractivity contribution in [3.63, 3.8) is 0 Å². The summed E-state index contributed by atoms with van der Waals surface area (Å²) in [5, 5.41) is 0. The first kappa shape index (κ1) is 11.0. The summed E-state index contributed by atoms with van der Waals surface area (Å²) in [6.07, 6.45) is 4.29. The second kappa shape index (κ2) is 4.29. The number of hydrogen-bond acceptors (Lipinski definition) is 3. The van der Waals surface area contributed by atoms with Gasteiger partial charge in [-0.1, -0.05) is 0 Å². The largest absolute Gasteiger partial charge is 0.490 e. The average molecular weight is 242 g/mol. The third kappa shape index (κ3) is 2.27. The van der Waals surface area contributed by atoms with E-state index in [2.05, 4.69) is 9.97 Å². The Hall–Kier alpha value is -2.10. The lowest BCUT2D eigenvalue weighted by molar-refractivity contribution is 0.303. The fourth-order valence-electron chi connectivity index (χ4n) is 1.84. The third-order valence-corrected chi connectivity index (χ3v) is 2.97. The SMILES string of the molecule is Cc1cnc(=O)[nH]c1-c1ccc(OC2CC2)cc1. The summed E-state index contributed by atoms with van der Waals surface area (Å²) in [4.78, 5) is 17.7. The van der Waals surface area contributed by atoms with E-state index in [0.29, 0.717) is 6.10 Å². The topological polar surface area (TPSA) is 55.0 Å². The zero-order valence-electron chi connectivity index (χ0n) is 10.1. The van der Waals surface area contributed by atoms with Gasteiger partial charge in [-0.3, -0.25) is 0 Å². The molecule has 1 aliphatic carbocycles. The molecule has 0 saturated heterocycles. The van der Waals surface area contributed by atoms with Gasteiger partial charge in [0.15, 0.2) is 0 Å². The van der Waals surface area contributed by atoms with Gasteiger partial charge < -0.3 is 9.72 Å². The Morgan fingerprint density at radius 2 is 2.00 bits per heavy atom. The van der Waals surface area contributed by atoms with Gasteiger partial charge in [0.05, 0.1) is 11.8 Å². The van der Waals surface area contributed by atoms with Crippen molar-refractivity contribution in [2.24, 2.45) is 0 Å². The number of nitrogens with zero attached hydrogens (tertiary/aromatic N) is 1. The van der Waals surface area contributed by atoms with Crippen LogP contribution in [0.3, 0.4) is 0 Å². The Labute approximate surface area is 105 Å². The predicted molar refractivity (Wildman–Crippen MR) is 68.7 cm³/mol. The molecular weight excluding hydrogens is 228 g/mol. The number of rotatable bonds is 3. The van der Waals surface area contributed by atoms with Gasteiger partial charge in [0.2, 0.25) is 0 Å². The van der Waals surface area contributed by atoms with Crippen molar-refractivity contribution < 1.29 is 4.74 Å². The number of hydrogen-bond donors (Lipinski definition) is 1. The van der Waals surface area contributed by atoms with E-state index in [1.165, 1.54) is 0 Å². The van der Waals surface area contributed by atoms with Gasteiger partial charge in [0, 0.05) is 6.20 Å². The number of aromatic nitrogens is 2. The van der Waals surface area contributed by atoms with Crippen LogP contribution < -0.4 is 10.4 Å². The summed E-state index contributed by atoms with van der Waals surface area (Å²) in [5.74, 6) is 0.885. The Morgan fingerprint density at radius 1 is 1.28 bits per heavy atom. The average Bonchev–Trinajstić information content (AvgIpc) is 3.17. The molecule has 1 aromatic heterocycles. The summed E-state index contributed by atoms with van der Waals surface area (Å²) in [6.45, 7) is 1.92. The molecule has 1 saturated carbocycles. The fraction of sp³-hybridized carbons (Fsp3) is 0.286. The van der Waals surface area contributed by atoms with Crippen LogP contribution in [0, 0.1) is 6.92 Å². The van der Waals surface area contributed by atoms with Crippen molar-refractivity contribution in [3.8, 4) is 17.0 Å². The standard InChI is InChI=1S/C14H14N2O2/c1-9-8-15-14(17)16-13(9)10-2-4-11(5-3-10)18-12-6-7-12/h2-5,8,12H,6-7H2,1H3,(H,15,16,17). The lowest BCUT2D eigenvalue weighted by atomic mass is 10.1. The molecule has 0 atom stereocenters. The van der Waals surface area contributed by atoms with Crippen LogP contribution in [0.4, 0.5) is 0 Å². The first-order valence-electron chi connectivity index (χ1n) is 6.05. The highest BCUT2D eigenvalue weighted by molar-refractivity contribution is 5.62. The van der Waals surface area contributed by atoms with Gasteiger partial charge in [-0.25, -0.2) is 9.78 Å². The van der Waals surface area contributed by atoms with Crippen molar-refractivity contribution in [3.05, 3.63) is 46.5 Å². The van der Waals surface area contributed by atoms with Crippen LogP contribution in [0.2, 0.25) is 0 Å². The van der Waals surface area contributed by atoms with Crippen LogP contribution >= 0.6 is 0 Å². The third-order valence-electron chi connectivity index (χ3n) is 2.97. The van der Waals surface area contributed by atoms with Crippen LogP contribution in [0.25, 0.3) is 11.3 Å². The highest BCUT2D eigenvalue weighted by atomic mass is 16.5. The second-order valence-corrected chi connectivity index (χ2v) is 4.59. The maximum Gasteiger partial charge on any atom is 0.345 e. The Kier molecular flexibility index (Phi) is 2.63. The maximum atomic E-state index is 11.2. The van der Waals surface area contributed by atoms with Crippen LogP contribution in [-0.2, 0) is 0 Å². The van der Waals surface area contributed by atoms with Gasteiger partial charge in [-0.05, 0) is 55.2 Å². The highest BCUT2D eigenvalue weighted by Crippen LogP contribution is 2.28. The van der Waals surface area contributed by atoms with Crippen LogP contribution in [0.1, 0.15) is 18.4 Å². The molecular formula is C14H14N2O2. The van der Waals surface area contributed by atoms with Gasteiger partial charge in [0.25, 0.3) is 0 Å². The molecule has 0 radical (unpaired) electrons. The van der Waals surface area contributed by atoms with E-state index in [-0.39, 0.29) is 5.69 Å². The molecule has 3 rings (SSSR count). The maximum absolute atomic E-state index is 11.2. The van der Waals surface area contributed by atoms with E-state index < -0.39 is 0 Å². The summed E-state index contributed by atoms with van der Waals surface area (Å²) in [6, 6.07) is 7.78. The lowest BCUT2D eigenvalue weighted by Gasteiger charge is -2.07. The van der Waals surface area contributed by atoms with Gasteiger partial charge in [-0.2, -0.15) is 0 Å². The minimum Gasteiger partial charge on any atom is -0.490 e. The fourth-order valence-corrected chi connectivity index (χ4v) is 1.84. The molecule has 1 aromatic carbocycles. The summed E-state index contributed by atoms with van der Waals surface area (Å²) in [5.41, 5.74) is 2.41. The summed E-state index contributed by atoms with van der Waals surface area (Å²) >= 11 is 0. The van der Waals surface area contributed by atoms with E-state index >= 15 is 0 Å². The molecule has 0 bridgehead atoms. The lowest BCUT2D eigenvalue weighted by Crippen LogP contribution is -2.11. The number of benzene rings is 1. The zero-order valence-corrected chi connectivity index (χ0v) is 10.1. The van der Waals surface area contributed by atoms with Crippen LogP contribution in [0.15, 0.2) is 35.3 Å². The van der Waals surface area contributed by atoms with Crippen LogP contribution in [0.5, 0.6) is 5.75 Å². The predicted octanol–water partition coefficient (Wildman–Crippen LogP) is 2.29. The molecule has 4 nitrogen and oxygen atoms in total. The Morgan fingerprint density at radius 3 is 2.67 bits per heavy atom. The molecule has 0 unspecified atom stereocenters. The van der Waals surface area contributed by atoms with E-state index in [9.17, 15) is 4.79 Å². The zero-order chi connectivity index (χ0) is 12.5. The van der Waals surface area contributed by atoms with E-state index in [4.69, 9.17) is 4.74 Å². The summed E-state index contributed by atoms with van der Waals surface area (Å²) in [7, 11) is 0. The minimum absolute atomic E-state index is 0.325. The first-order valence-corrected chi connectivity index (χ1v) is 6.05. The van der Waals surface area contributed by atoms with Crippen molar-refractivity contribution in [2.45, 2.75) is 25.9 Å². The van der Waals surface area contributed by atoms with E-state index in [1.807, 2.05) is 31.2 Å². The van der Waals surface area contributed by atoms with Gasteiger partial charge in [-0.15, -0.1) is 0 Å². The van der Waals surface area contributed by atoms with Gasteiger partial charge in [0.1, 0.15) is 5.75 Å². The Bertz CT molecular complexity index is 612. The molecule has 1 N–H and O–H groups in total. The van der Waals surface area contributed by atoms with Gasteiger partial charge >= 0.3 is 5.69 Å². The molecule has 1 fully saturated rings. The van der Waals surface area contributed by atoms with Crippen molar-refractivity contribution in [2.75, 3.05) is 0 Å². The monoisotopic (exact) mass is 242 g/mol. The van der Waals surface area contributed by atoms with Crippen molar-refractivity contribution in [1.82, 2.24) is 9.97 Å². The molecule has 4 heteroatoms. The first-order chi connectivity index (χ1) is 8.72. The van der Waals surface area contributed by atoms with E-state index in [0.717, 1.165) is 35.4 Å². The smallest absolute Gasteiger partial charge is 0.345 e. The number of aromatic amines is 1. The quantitative estimate of drug-likeness (QED) is 0.898. The van der Waals surface area contributed by atoms with Crippen molar-refractivity contribution >= 4 is 0 Å². The van der Waals surface area contributed by atoms with Crippen molar-refractivity contribution in [1.29, 1.82) is 0 Å². The normalized spacial score (nSPS) is 14.5.